The minimum atomic E-state index is -3.60. The van der Waals surface area contributed by atoms with Gasteiger partial charge in [-0.2, -0.15) is 0 Å². The maximum atomic E-state index is 12.4. The molecule has 0 saturated heterocycles. The molecule has 0 bridgehead atoms. The maximum Gasteiger partial charge on any atom is 0.245 e. The van der Waals surface area contributed by atoms with Gasteiger partial charge in [-0.15, -0.1) is 0 Å². The Morgan fingerprint density at radius 1 is 1.27 bits per heavy atom. The maximum absolute atomic E-state index is 12.4. The van der Waals surface area contributed by atoms with Gasteiger partial charge >= 0.3 is 0 Å². The number of ether oxygens (including phenoxy) is 1. The van der Waals surface area contributed by atoms with Crippen molar-refractivity contribution >= 4 is 49.9 Å². The van der Waals surface area contributed by atoms with Gasteiger partial charge in [0.15, 0.2) is 0 Å². The SMILES string of the molecule is C=CCOc1cccc(NC(=O)CN(c2ccc(I)cc2)S(C)(=O)=O)c1. The number of carbonyl (C=O) groups excluding carboxylic acids is 1. The van der Waals surface area contributed by atoms with Gasteiger partial charge in [0.25, 0.3) is 0 Å². The van der Waals surface area contributed by atoms with Crippen molar-refractivity contribution in [2.24, 2.45) is 0 Å². The van der Waals surface area contributed by atoms with Crippen LogP contribution in [0, 0.1) is 3.57 Å². The van der Waals surface area contributed by atoms with Crippen LogP contribution >= 0.6 is 22.6 Å². The first-order valence-corrected chi connectivity index (χ1v) is 10.6. The van der Waals surface area contributed by atoms with Gasteiger partial charge in [0.05, 0.1) is 11.9 Å². The fourth-order valence-corrected chi connectivity index (χ4v) is 3.37. The van der Waals surface area contributed by atoms with Crippen LogP contribution in [-0.4, -0.2) is 33.7 Å². The number of benzene rings is 2. The van der Waals surface area contributed by atoms with Crippen LogP contribution in [0.5, 0.6) is 5.75 Å². The van der Waals surface area contributed by atoms with E-state index < -0.39 is 15.9 Å². The zero-order valence-electron chi connectivity index (χ0n) is 14.2. The molecule has 26 heavy (non-hydrogen) atoms. The summed E-state index contributed by atoms with van der Waals surface area (Å²) in [5.74, 6) is 0.134. The van der Waals surface area contributed by atoms with Crippen molar-refractivity contribution in [1.82, 2.24) is 0 Å². The van der Waals surface area contributed by atoms with Crippen LogP contribution < -0.4 is 14.4 Å². The average molecular weight is 486 g/mol. The van der Waals surface area contributed by atoms with E-state index in [2.05, 4.69) is 34.5 Å². The van der Waals surface area contributed by atoms with Gasteiger partial charge in [-0.05, 0) is 59.0 Å². The van der Waals surface area contributed by atoms with Crippen LogP contribution in [0.15, 0.2) is 61.2 Å². The molecule has 1 N–H and O–H groups in total. The highest BCUT2D eigenvalue weighted by Crippen LogP contribution is 2.20. The summed E-state index contributed by atoms with van der Waals surface area (Å²) in [7, 11) is -3.60. The zero-order valence-corrected chi connectivity index (χ0v) is 17.2. The first kappa shape index (κ1) is 20.2. The third-order valence-corrected chi connectivity index (χ3v) is 5.15. The summed E-state index contributed by atoms with van der Waals surface area (Å²) < 4.78 is 31.6. The molecule has 6 nitrogen and oxygen atoms in total. The second kappa shape index (κ2) is 9.04. The molecule has 0 radical (unpaired) electrons. The lowest BCUT2D eigenvalue weighted by Gasteiger charge is -2.22. The van der Waals surface area contributed by atoms with Crippen LogP contribution in [0.25, 0.3) is 0 Å². The molecule has 138 valence electrons. The van der Waals surface area contributed by atoms with E-state index in [-0.39, 0.29) is 6.54 Å². The van der Waals surface area contributed by atoms with Gasteiger partial charge in [0, 0.05) is 15.3 Å². The van der Waals surface area contributed by atoms with E-state index >= 15 is 0 Å². The fraction of sp³-hybridized carbons (Fsp3) is 0.167. The van der Waals surface area contributed by atoms with Gasteiger partial charge < -0.3 is 10.1 Å². The third-order valence-electron chi connectivity index (χ3n) is 3.29. The minimum absolute atomic E-state index is 0.322. The van der Waals surface area contributed by atoms with Gasteiger partial charge in [0.1, 0.15) is 18.9 Å². The minimum Gasteiger partial charge on any atom is -0.489 e. The number of sulfonamides is 1. The van der Waals surface area contributed by atoms with Crippen LogP contribution in [-0.2, 0) is 14.8 Å². The largest absolute Gasteiger partial charge is 0.489 e. The van der Waals surface area contributed by atoms with E-state index in [1.54, 1.807) is 54.6 Å². The lowest BCUT2D eigenvalue weighted by atomic mass is 10.3. The Labute approximate surface area is 167 Å². The van der Waals surface area contributed by atoms with Crippen LogP contribution in [0.1, 0.15) is 0 Å². The Hall–Kier alpha value is -2.07. The Morgan fingerprint density at radius 3 is 2.58 bits per heavy atom. The quantitative estimate of drug-likeness (QED) is 0.459. The zero-order chi connectivity index (χ0) is 19.2. The van der Waals surface area contributed by atoms with Crippen molar-refractivity contribution < 1.29 is 17.9 Å². The second-order valence-electron chi connectivity index (χ2n) is 5.42. The molecule has 0 saturated carbocycles. The summed E-state index contributed by atoms with van der Waals surface area (Å²) in [6.07, 6.45) is 2.69. The van der Waals surface area contributed by atoms with Gasteiger partial charge in [0.2, 0.25) is 15.9 Å². The van der Waals surface area contributed by atoms with E-state index in [4.69, 9.17) is 4.74 Å². The van der Waals surface area contributed by atoms with Gasteiger partial charge in [-0.3, -0.25) is 9.10 Å². The number of nitrogens with zero attached hydrogens (tertiary/aromatic N) is 1. The molecule has 8 heteroatoms. The molecule has 0 unspecified atom stereocenters. The predicted octanol–water partition coefficient (Wildman–Crippen LogP) is 3.26. The lowest BCUT2D eigenvalue weighted by Crippen LogP contribution is -2.37. The Balaban J connectivity index is 2.13. The summed E-state index contributed by atoms with van der Waals surface area (Å²) in [6.45, 7) is 3.61. The summed E-state index contributed by atoms with van der Waals surface area (Å²) in [6, 6.07) is 13.8. The van der Waals surface area contributed by atoms with Crippen molar-refractivity contribution in [2.75, 3.05) is 29.0 Å². The highest BCUT2D eigenvalue weighted by atomic mass is 127. The molecule has 2 aromatic rings. The molecule has 0 fully saturated rings. The molecule has 0 spiro atoms. The molecule has 1 amide bonds. The fourth-order valence-electron chi connectivity index (χ4n) is 2.16. The van der Waals surface area contributed by atoms with Crippen LogP contribution in [0.3, 0.4) is 0 Å². The number of carbonyl (C=O) groups is 1. The summed E-state index contributed by atoms with van der Waals surface area (Å²) in [5, 5.41) is 2.69. The van der Waals surface area contributed by atoms with E-state index in [1.165, 1.54) is 0 Å². The Kier molecular flexibility index (Phi) is 7.04. The number of rotatable bonds is 8. The normalized spacial score (nSPS) is 10.8. The number of hydrogen-bond acceptors (Lipinski definition) is 4. The molecule has 2 rings (SSSR count). The molecule has 0 aliphatic rings. The standard InChI is InChI=1S/C18H19IN2O4S/c1-3-11-25-17-6-4-5-15(12-17)20-18(22)13-21(26(2,23)24)16-9-7-14(19)8-10-16/h3-10,12H,1,11,13H2,2H3,(H,20,22). The summed E-state index contributed by atoms with van der Waals surface area (Å²) >= 11 is 2.13. The summed E-state index contributed by atoms with van der Waals surface area (Å²) in [5.41, 5.74) is 0.957. The molecule has 0 atom stereocenters. The van der Waals surface area contributed by atoms with Crippen molar-refractivity contribution in [1.29, 1.82) is 0 Å². The van der Waals surface area contributed by atoms with Gasteiger partial charge in [-0.25, -0.2) is 8.42 Å². The second-order valence-corrected chi connectivity index (χ2v) is 8.57. The van der Waals surface area contributed by atoms with Gasteiger partial charge in [-0.1, -0.05) is 18.7 Å². The lowest BCUT2D eigenvalue weighted by molar-refractivity contribution is -0.114. The number of halogens is 1. The van der Waals surface area contributed by atoms with E-state index in [0.717, 1.165) is 14.1 Å². The number of amides is 1. The molecule has 2 aromatic carbocycles. The van der Waals surface area contributed by atoms with Crippen molar-refractivity contribution in [3.05, 3.63) is 64.8 Å². The number of nitrogens with one attached hydrogen (secondary N) is 1. The number of anilines is 2. The average Bonchev–Trinajstić information content (AvgIpc) is 2.58. The smallest absolute Gasteiger partial charge is 0.245 e. The molecule has 0 heterocycles. The Bertz CT molecular complexity index is 882. The van der Waals surface area contributed by atoms with Crippen LogP contribution in [0.4, 0.5) is 11.4 Å². The van der Waals surface area contributed by atoms with Crippen molar-refractivity contribution in [3.8, 4) is 5.75 Å². The van der Waals surface area contributed by atoms with Crippen molar-refractivity contribution in [2.45, 2.75) is 0 Å². The first-order valence-electron chi connectivity index (χ1n) is 7.66. The van der Waals surface area contributed by atoms with E-state index in [9.17, 15) is 13.2 Å². The molecule has 0 aromatic heterocycles. The predicted molar refractivity (Wildman–Crippen MR) is 112 cm³/mol. The number of hydrogen-bond donors (Lipinski definition) is 1. The summed E-state index contributed by atoms with van der Waals surface area (Å²) in [4.78, 5) is 12.4. The third kappa shape index (κ3) is 6.03. The highest BCUT2D eigenvalue weighted by Gasteiger charge is 2.21. The topological polar surface area (TPSA) is 75.7 Å². The molecular formula is C18H19IN2O4S. The highest BCUT2D eigenvalue weighted by molar-refractivity contribution is 14.1. The van der Waals surface area contributed by atoms with E-state index in [0.29, 0.717) is 23.7 Å². The molecular weight excluding hydrogens is 467 g/mol. The molecule has 0 aliphatic carbocycles. The van der Waals surface area contributed by atoms with E-state index in [1.807, 2.05) is 0 Å². The monoisotopic (exact) mass is 486 g/mol. The van der Waals surface area contributed by atoms with Crippen molar-refractivity contribution in [3.63, 3.8) is 0 Å². The molecule has 0 aliphatic heterocycles. The first-order chi connectivity index (χ1) is 12.3. The Morgan fingerprint density at radius 2 is 1.96 bits per heavy atom. The van der Waals surface area contributed by atoms with Crippen LogP contribution in [0.2, 0.25) is 0 Å².